The van der Waals surface area contributed by atoms with E-state index in [1.54, 1.807) is 0 Å². The third-order valence-electron chi connectivity index (χ3n) is 3.10. The molecule has 0 saturated heterocycles. The Hall–Kier alpha value is -1.66. The Kier molecular flexibility index (Phi) is 2.91. The van der Waals surface area contributed by atoms with Gasteiger partial charge in [0.05, 0.1) is 12.2 Å². The Bertz CT molecular complexity index is 759. The summed E-state index contributed by atoms with van der Waals surface area (Å²) in [6.45, 7) is 2.24. The highest BCUT2D eigenvalue weighted by Crippen LogP contribution is 2.30. The predicted molar refractivity (Wildman–Crippen MR) is 76.5 cm³/mol. The zero-order chi connectivity index (χ0) is 13.6. The molecule has 3 rings (SSSR count). The van der Waals surface area contributed by atoms with E-state index in [1.165, 1.54) is 0 Å². The van der Waals surface area contributed by atoms with Crippen molar-refractivity contribution in [3.63, 3.8) is 0 Å². The van der Waals surface area contributed by atoms with E-state index in [0.717, 1.165) is 32.8 Å². The van der Waals surface area contributed by atoms with Crippen molar-refractivity contribution in [1.29, 1.82) is 0 Å². The Morgan fingerprint density at radius 2 is 2.16 bits per heavy atom. The molecule has 2 heterocycles. The predicted octanol–water partition coefficient (Wildman–Crippen LogP) is 2.76. The standard InChI is InChI=1S/C13H13BrN4O/c1-7-16-9-4-3-8(5-10(9)19-7)12-13(14)17-11(6-15)18(12)2/h3-5H,6,15H2,1-2H3. The summed E-state index contributed by atoms with van der Waals surface area (Å²) in [7, 11) is 1.95. The topological polar surface area (TPSA) is 69.9 Å². The van der Waals surface area contributed by atoms with E-state index < -0.39 is 0 Å². The van der Waals surface area contributed by atoms with Gasteiger partial charge in [0.25, 0.3) is 0 Å². The highest BCUT2D eigenvalue weighted by molar-refractivity contribution is 9.10. The fourth-order valence-electron chi connectivity index (χ4n) is 2.19. The number of aryl methyl sites for hydroxylation is 1. The number of nitrogens with zero attached hydrogens (tertiary/aromatic N) is 3. The Balaban J connectivity index is 2.21. The van der Waals surface area contributed by atoms with Gasteiger partial charge in [-0.05, 0) is 28.1 Å². The van der Waals surface area contributed by atoms with Crippen molar-refractivity contribution in [1.82, 2.24) is 14.5 Å². The van der Waals surface area contributed by atoms with Gasteiger partial charge >= 0.3 is 0 Å². The van der Waals surface area contributed by atoms with Crippen LogP contribution in [-0.4, -0.2) is 14.5 Å². The lowest BCUT2D eigenvalue weighted by molar-refractivity contribution is 0.561. The second-order valence-electron chi connectivity index (χ2n) is 4.35. The van der Waals surface area contributed by atoms with Crippen LogP contribution in [0.25, 0.3) is 22.4 Å². The molecular weight excluding hydrogens is 308 g/mol. The molecule has 5 nitrogen and oxygen atoms in total. The van der Waals surface area contributed by atoms with Crippen LogP contribution in [-0.2, 0) is 13.6 Å². The van der Waals surface area contributed by atoms with Gasteiger partial charge in [0.15, 0.2) is 11.5 Å². The maximum absolute atomic E-state index is 5.67. The van der Waals surface area contributed by atoms with Crippen LogP contribution in [0.1, 0.15) is 11.7 Å². The molecule has 1 aromatic carbocycles. The molecular formula is C13H13BrN4O. The van der Waals surface area contributed by atoms with Crippen LogP contribution in [0.4, 0.5) is 0 Å². The van der Waals surface area contributed by atoms with Gasteiger partial charge in [-0.15, -0.1) is 0 Å². The molecule has 0 spiro atoms. The summed E-state index contributed by atoms with van der Waals surface area (Å²) in [5.74, 6) is 1.49. The van der Waals surface area contributed by atoms with E-state index in [4.69, 9.17) is 10.2 Å². The van der Waals surface area contributed by atoms with Gasteiger partial charge in [-0.1, -0.05) is 6.07 Å². The van der Waals surface area contributed by atoms with Gasteiger partial charge in [-0.3, -0.25) is 0 Å². The molecule has 98 valence electrons. The first-order valence-corrected chi connectivity index (χ1v) is 6.68. The maximum Gasteiger partial charge on any atom is 0.192 e. The number of hydrogen-bond acceptors (Lipinski definition) is 4. The summed E-state index contributed by atoms with van der Waals surface area (Å²) in [4.78, 5) is 8.69. The van der Waals surface area contributed by atoms with Gasteiger partial charge < -0.3 is 14.7 Å². The molecule has 6 heteroatoms. The average Bonchev–Trinajstić information content (AvgIpc) is 2.87. The van der Waals surface area contributed by atoms with Crippen molar-refractivity contribution in [3.8, 4) is 11.3 Å². The zero-order valence-corrected chi connectivity index (χ0v) is 12.2. The Morgan fingerprint density at radius 3 is 2.84 bits per heavy atom. The summed E-state index contributed by atoms with van der Waals surface area (Å²) in [5.41, 5.74) is 9.31. The third-order valence-corrected chi connectivity index (χ3v) is 3.65. The second kappa shape index (κ2) is 4.47. The first kappa shape index (κ1) is 12.4. The normalized spacial score (nSPS) is 11.4. The number of nitrogens with two attached hydrogens (primary N) is 1. The molecule has 0 bridgehead atoms. The number of benzene rings is 1. The van der Waals surface area contributed by atoms with E-state index >= 15 is 0 Å². The molecule has 0 radical (unpaired) electrons. The van der Waals surface area contributed by atoms with Crippen molar-refractivity contribution < 1.29 is 4.42 Å². The summed E-state index contributed by atoms with van der Waals surface area (Å²) in [6, 6.07) is 5.92. The molecule has 0 amide bonds. The lowest BCUT2D eigenvalue weighted by atomic mass is 10.1. The molecule has 0 atom stereocenters. The SMILES string of the molecule is Cc1nc2ccc(-c3c(Br)nc(CN)n3C)cc2o1. The first-order valence-electron chi connectivity index (χ1n) is 5.89. The number of halogens is 1. The Morgan fingerprint density at radius 1 is 1.37 bits per heavy atom. The van der Waals surface area contributed by atoms with Crippen LogP contribution in [0.3, 0.4) is 0 Å². The summed E-state index contributed by atoms with van der Waals surface area (Å²) in [5, 5.41) is 0. The van der Waals surface area contributed by atoms with Crippen LogP contribution < -0.4 is 5.73 Å². The minimum atomic E-state index is 0.402. The quantitative estimate of drug-likeness (QED) is 0.788. The molecule has 19 heavy (non-hydrogen) atoms. The number of fused-ring (bicyclic) bond motifs is 1. The van der Waals surface area contributed by atoms with Crippen LogP contribution in [0.2, 0.25) is 0 Å². The molecule has 3 aromatic rings. The number of imidazole rings is 1. The van der Waals surface area contributed by atoms with Crippen LogP contribution in [0.5, 0.6) is 0 Å². The van der Waals surface area contributed by atoms with Crippen molar-refractivity contribution in [2.75, 3.05) is 0 Å². The van der Waals surface area contributed by atoms with E-state index in [0.29, 0.717) is 12.4 Å². The van der Waals surface area contributed by atoms with Crippen LogP contribution in [0, 0.1) is 6.92 Å². The van der Waals surface area contributed by atoms with Gasteiger partial charge in [-0.2, -0.15) is 0 Å². The molecule has 0 aliphatic rings. The van der Waals surface area contributed by atoms with Crippen LogP contribution >= 0.6 is 15.9 Å². The third kappa shape index (κ3) is 1.97. The minimum absolute atomic E-state index is 0.402. The van der Waals surface area contributed by atoms with Gasteiger partial charge in [0, 0.05) is 19.5 Å². The number of hydrogen-bond donors (Lipinski definition) is 1. The Labute approximate surface area is 118 Å². The molecule has 0 saturated carbocycles. The molecule has 0 fully saturated rings. The minimum Gasteiger partial charge on any atom is -0.441 e. The highest BCUT2D eigenvalue weighted by Gasteiger charge is 2.15. The monoisotopic (exact) mass is 320 g/mol. The van der Waals surface area contributed by atoms with Gasteiger partial charge in [0.2, 0.25) is 0 Å². The highest BCUT2D eigenvalue weighted by atomic mass is 79.9. The van der Waals surface area contributed by atoms with Crippen molar-refractivity contribution in [2.24, 2.45) is 12.8 Å². The van der Waals surface area contributed by atoms with Crippen molar-refractivity contribution in [3.05, 3.63) is 34.5 Å². The lowest BCUT2D eigenvalue weighted by Gasteiger charge is -2.05. The van der Waals surface area contributed by atoms with E-state index in [-0.39, 0.29) is 0 Å². The largest absolute Gasteiger partial charge is 0.441 e. The van der Waals surface area contributed by atoms with Crippen LogP contribution in [0.15, 0.2) is 27.2 Å². The number of aromatic nitrogens is 3. The fraction of sp³-hybridized carbons (Fsp3) is 0.231. The molecule has 0 aliphatic heterocycles. The van der Waals surface area contributed by atoms with E-state index in [1.807, 2.05) is 36.7 Å². The van der Waals surface area contributed by atoms with Gasteiger partial charge in [-0.25, -0.2) is 9.97 Å². The molecule has 0 unspecified atom stereocenters. The van der Waals surface area contributed by atoms with Gasteiger partial charge in [0.1, 0.15) is 15.9 Å². The zero-order valence-electron chi connectivity index (χ0n) is 10.6. The smallest absolute Gasteiger partial charge is 0.192 e. The van der Waals surface area contributed by atoms with E-state index in [2.05, 4.69) is 25.9 Å². The van der Waals surface area contributed by atoms with E-state index in [9.17, 15) is 0 Å². The van der Waals surface area contributed by atoms with Crippen molar-refractivity contribution >= 4 is 27.0 Å². The number of rotatable bonds is 2. The average molecular weight is 321 g/mol. The number of oxazole rings is 1. The first-order chi connectivity index (χ1) is 9.10. The molecule has 2 aromatic heterocycles. The fourth-order valence-corrected chi connectivity index (χ4v) is 2.89. The summed E-state index contributed by atoms with van der Waals surface area (Å²) < 4.78 is 8.33. The van der Waals surface area contributed by atoms with Crippen molar-refractivity contribution in [2.45, 2.75) is 13.5 Å². The lowest BCUT2D eigenvalue weighted by Crippen LogP contribution is -2.05. The molecule has 2 N–H and O–H groups in total. The maximum atomic E-state index is 5.67. The second-order valence-corrected chi connectivity index (χ2v) is 5.10. The summed E-state index contributed by atoms with van der Waals surface area (Å²) in [6.07, 6.45) is 0. The summed E-state index contributed by atoms with van der Waals surface area (Å²) >= 11 is 3.48. The molecule has 0 aliphatic carbocycles.